The van der Waals surface area contributed by atoms with Gasteiger partial charge < -0.3 is 9.47 Å². The van der Waals surface area contributed by atoms with Gasteiger partial charge in [0, 0.05) is 11.6 Å². The zero-order chi connectivity index (χ0) is 14.4. The van der Waals surface area contributed by atoms with E-state index >= 15 is 0 Å². The van der Waals surface area contributed by atoms with Gasteiger partial charge in [0.2, 0.25) is 0 Å². The van der Waals surface area contributed by atoms with Crippen LogP contribution in [-0.4, -0.2) is 25.2 Å². The molecule has 0 atom stereocenters. The Hall–Kier alpha value is -1.62. The second-order valence-corrected chi connectivity index (χ2v) is 5.64. The summed E-state index contributed by atoms with van der Waals surface area (Å²) in [7, 11) is 1.34. The summed E-state index contributed by atoms with van der Waals surface area (Å²) >= 11 is 1.29. The topological polar surface area (TPSA) is 52.6 Å². The van der Waals surface area contributed by atoms with E-state index in [2.05, 4.69) is 4.74 Å². The molecule has 5 heteroatoms. The maximum Gasteiger partial charge on any atom is 0.348 e. The van der Waals surface area contributed by atoms with E-state index in [-0.39, 0.29) is 18.0 Å². The Bertz CT molecular complexity index is 498. The molecule has 0 radical (unpaired) electrons. The lowest BCUT2D eigenvalue weighted by Crippen LogP contribution is -2.19. The number of hydrogen-bond donors (Lipinski definition) is 0. The molecule has 0 bridgehead atoms. The van der Waals surface area contributed by atoms with Gasteiger partial charge in [-0.15, -0.1) is 11.3 Å². The summed E-state index contributed by atoms with van der Waals surface area (Å²) in [5.41, 5.74) is 0.683. The highest BCUT2D eigenvalue weighted by atomic mass is 32.1. The maximum absolute atomic E-state index is 11.7. The monoisotopic (exact) mass is 294 g/mol. The van der Waals surface area contributed by atoms with Gasteiger partial charge in [-0.05, 0) is 43.2 Å². The van der Waals surface area contributed by atoms with Gasteiger partial charge in [-0.2, -0.15) is 0 Å². The summed E-state index contributed by atoms with van der Waals surface area (Å²) in [5.74, 6) is -0.737. The van der Waals surface area contributed by atoms with E-state index in [1.54, 1.807) is 17.5 Å². The fraction of sp³-hybridized carbons (Fsp3) is 0.467. The van der Waals surface area contributed by atoms with Gasteiger partial charge in [0.15, 0.2) is 0 Å². The molecule has 0 aromatic carbocycles. The van der Waals surface area contributed by atoms with Crippen molar-refractivity contribution in [1.82, 2.24) is 0 Å². The lowest BCUT2D eigenvalue weighted by molar-refractivity contribution is -0.144. The van der Waals surface area contributed by atoms with Gasteiger partial charge in [-0.1, -0.05) is 6.42 Å². The van der Waals surface area contributed by atoms with E-state index in [1.165, 1.54) is 30.9 Å². The summed E-state index contributed by atoms with van der Waals surface area (Å²) in [5, 5.41) is 1.79. The molecule has 1 aliphatic carbocycles. The van der Waals surface area contributed by atoms with E-state index in [1.807, 2.05) is 0 Å². The molecule has 0 aliphatic heterocycles. The molecule has 0 saturated heterocycles. The summed E-state index contributed by atoms with van der Waals surface area (Å²) in [6.45, 7) is 0. The molecular weight excluding hydrogens is 276 g/mol. The van der Waals surface area contributed by atoms with Crippen molar-refractivity contribution in [2.75, 3.05) is 7.11 Å². The van der Waals surface area contributed by atoms with Gasteiger partial charge >= 0.3 is 11.9 Å². The van der Waals surface area contributed by atoms with Crippen LogP contribution in [0.5, 0.6) is 0 Å². The molecule has 0 N–H and O–H groups in total. The van der Waals surface area contributed by atoms with Crippen LogP contribution in [-0.2, 0) is 14.3 Å². The second-order valence-electron chi connectivity index (χ2n) is 4.73. The third-order valence-corrected chi connectivity index (χ3v) is 4.21. The lowest BCUT2D eigenvalue weighted by Gasteiger charge is -2.20. The first-order valence-corrected chi connectivity index (χ1v) is 7.63. The fourth-order valence-corrected chi connectivity index (χ4v) is 3.06. The first kappa shape index (κ1) is 14.8. The minimum absolute atomic E-state index is 0.0449. The highest BCUT2D eigenvalue weighted by Crippen LogP contribution is 2.21. The number of thiophene rings is 1. The number of carbonyl (C=O) groups is 2. The van der Waals surface area contributed by atoms with Gasteiger partial charge in [0.25, 0.3) is 0 Å². The lowest BCUT2D eigenvalue weighted by atomic mass is 9.98. The highest BCUT2D eigenvalue weighted by molar-refractivity contribution is 7.12. The zero-order valence-corrected chi connectivity index (χ0v) is 12.3. The molecular formula is C15H18O4S. The molecule has 1 saturated carbocycles. The molecule has 1 aliphatic rings. The third kappa shape index (κ3) is 3.93. The second kappa shape index (κ2) is 7.24. The number of rotatable bonds is 4. The fourth-order valence-electron chi connectivity index (χ4n) is 2.25. The Morgan fingerprint density at radius 3 is 2.75 bits per heavy atom. The quantitative estimate of drug-likeness (QED) is 0.630. The normalized spacial score (nSPS) is 16.2. The maximum atomic E-state index is 11.7. The minimum Gasteiger partial charge on any atom is -0.465 e. The molecule has 4 nitrogen and oxygen atoms in total. The number of esters is 2. The Labute approximate surface area is 122 Å². The Morgan fingerprint density at radius 1 is 1.30 bits per heavy atom. The number of methoxy groups -OCH3 is 1. The van der Waals surface area contributed by atoms with E-state index in [9.17, 15) is 9.59 Å². The van der Waals surface area contributed by atoms with E-state index in [0.717, 1.165) is 25.7 Å². The van der Waals surface area contributed by atoms with Gasteiger partial charge in [-0.25, -0.2) is 9.59 Å². The molecule has 1 heterocycles. The van der Waals surface area contributed by atoms with Crippen molar-refractivity contribution in [3.8, 4) is 0 Å². The first-order valence-electron chi connectivity index (χ1n) is 6.75. The van der Waals surface area contributed by atoms with Crippen molar-refractivity contribution in [1.29, 1.82) is 0 Å². The summed E-state index contributed by atoms with van der Waals surface area (Å²) in [4.78, 5) is 23.7. The summed E-state index contributed by atoms with van der Waals surface area (Å²) in [6.07, 6.45) is 8.40. The summed E-state index contributed by atoms with van der Waals surface area (Å²) in [6, 6.07) is 1.78. The minimum atomic E-state index is -0.389. The molecule has 0 spiro atoms. The SMILES string of the molecule is COC(=O)c1sccc1/C=C/C(=O)OC1CCCCC1. The molecule has 1 fully saturated rings. The van der Waals surface area contributed by atoms with Crippen molar-refractivity contribution >= 4 is 29.4 Å². The van der Waals surface area contributed by atoms with E-state index in [4.69, 9.17) is 4.74 Å². The average molecular weight is 294 g/mol. The van der Waals surface area contributed by atoms with Crippen molar-refractivity contribution in [2.24, 2.45) is 0 Å². The van der Waals surface area contributed by atoms with Crippen LogP contribution in [0, 0.1) is 0 Å². The molecule has 1 aromatic rings. The van der Waals surface area contributed by atoms with Crippen LogP contribution in [0.25, 0.3) is 6.08 Å². The van der Waals surface area contributed by atoms with Gasteiger partial charge in [0.1, 0.15) is 11.0 Å². The zero-order valence-electron chi connectivity index (χ0n) is 11.5. The van der Waals surface area contributed by atoms with E-state index in [0.29, 0.717) is 10.4 Å². The van der Waals surface area contributed by atoms with Gasteiger partial charge in [-0.3, -0.25) is 0 Å². The van der Waals surface area contributed by atoms with Crippen LogP contribution in [0.3, 0.4) is 0 Å². The van der Waals surface area contributed by atoms with Crippen LogP contribution in [0.1, 0.15) is 47.3 Å². The number of carbonyl (C=O) groups excluding carboxylic acids is 2. The predicted molar refractivity (Wildman–Crippen MR) is 77.7 cm³/mol. The molecule has 1 aromatic heterocycles. The summed E-state index contributed by atoms with van der Waals surface area (Å²) < 4.78 is 10.1. The van der Waals surface area contributed by atoms with Crippen molar-refractivity contribution in [2.45, 2.75) is 38.2 Å². The first-order chi connectivity index (χ1) is 9.70. The molecule has 0 amide bonds. The molecule has 108 valence electrons. The van der Waals surface area contributed by atoms with Crippen molar-refractivity contribution in [3.63, 3.8) is 0 Å². The van der Waals surface area contributed by atoms with Crippen LogP contribution in [0.4, 0.5) is 0 Å². The van der Waals surface area contributed by atoms with Crippen molar-refractivity contribution < 1.29 is 19.1 Å². The van der Waals surface area contributed by atoms with Crippen molar-refractivity contribution in [3.05, 3.63) is 28.0 Å². The van der Waals surface area contributed by atoms with Crippen LogP contribution in [0.2, 0.25) is 0 Å². The Morgan fingerprint density at radius 2 is 2.05 bits per heavy atom. The third-order valence-electron chi connectivity index (χ3n) is 3.30. The standard InChI is InChI=1S/C15H18O4S/c1-18-15(17)14-11(9-10-20-14)7-8-13(16)19-12-5-3-2-4-6-12/h7-10,12H,2-6H2,1H3/b8-7+. The smallest absolute Gasteiger partial charge is 0.348 e. The largest absolute Gasteiger partial charge is 0.465 e. The Balaban J connectivity index is 1.93. The van der Waals surface area contributed by atoms with E-state index < -0.39 is 0 Å². The molecule has 20 heavy (non-hydrogen) atoms. The number of hydrogen-bond acceptors (Lipinski definition) is 5. The van der Waals surface area contributed by atoms with Gasteiger partial charge in [0.05, 0.1) is 7.11 Å². The van der Waals surface area contributed by atoms with Crippen LogP contribution < -0.4 is 0 Å². The molecule has 2 rings (SSSR count). The van der Waals surface area contributed by atoms with Crippen LogP contribution in [0.15, 0.2) is 17.5 Å². The highest BCUT2D eigenvalue weighted by Gasteiger charge is 2.16. The van der Waals surface area contributed by atoms with Crippen LogP contribution >= 0.6 is 11.3 Å². The molecule has 0 unspecified atom stereocenters. The average Bonchev–Trinajstić information content (AvgIpc) is 2.94. The predicted octanol–water partition coefficient (Wildman–Crippen LogP) is 3.42. The number of ether oxygens (including phenoxy) is 2. The Kier molecular flexibility index (Phi) is 5.35.